The zero-order valence-corrected chi connectivity index (χ0v) is 10.6. The van der Waals surface area contributed by atoms with Crippen LogP contribution in [0.2, 0.25) is 0 Å². The third-order valence-corrected chi connectivity index (χ3v) is 2.87. The average Bonchev–Trinajstić information content (AvgIpc) is 2.82. The maximum Gasteiger partial charge on any atom is 0.269 e. The molecule has 0 bridgehead atoms. The molecule has 0 amide bonds. The number of fused-ring (bicyclic) bond motifs is 1. The fraction of sp³-hybridized carbons (Fsp3) is 0.0769. The van der Waals surface area contributed by atoms with Crippen molar-refractivity contribution in [2.24, 2.45) is 7.05 Å². The lowest BCUT2D eigenvalue weighted by molar-refractivity contribution is -0.384. The summed E-state index contributed by atoms with van der Waals surface area (Å²) in [5.74, 6) is 1.13. The number of pyridine rings is 1. The molecule has 3 aromatic rings. The summed E-state index contributed by atoms with van der Waals surface area (Å²) in [7, 11) is 1.80. The van der Waals surface area contributed by atoms with Crippen LogP contribution in [-0.2, 0) is 7.05 Å². The topological polar surface area (TPSA) is 83.1 Å². The van der Waals surface area contributed by atoms with Crippen LogP contribution in [0.1, 0.15) is 0 Å². The second kappa shape index (κ2) is 4.61. The van der Waals surface area contributed by atoms with Crippen LogP contribution in [0.25, 0.3) is 11.0 Å². The minimum absolute atomic E-state index is 0.0265. The van der Waals surface area contributed by atoms with Crippen LogP contribution >= 0.6 is 0 Å². The zero-order chi connectivity index (χ0) is 14.1. The van der Waals surface area contributed by atoms with Crippen LogP contribution in [0, 0.1) is 10.1 Å². The van der Waals surface area contributed by atoms with E-state index in [4.69, 9.17) is 4.74 Å². The van der Waals surface area contributed by atoms with Gasteiger partial charge >= 0.3 is 0 Å². The summed E-state index contributed by atoms with van der Waals surface area (Å²) in [6, 6.07) is 7.64. The molecule has 7 heteroatoms. The molecule has 0 aliphatic rings. The number of aromatic nitrogens is 3. The van der Waals surface area contributed by atoms with E-state index in [1.807, 2.05) is 0 Å². The maximum absolute atomic E-state index is 10.6. The number of rotatable bonds is 3. The number of hydrogen-bond acceptors (Lipinski definition) is 5. The van der Waals surface area contributed by atoms with E-state index in [1.54, 1.807) is 42.3 Å². The Labute approximate surface area is 113 Å². The Balaban J connectivity index is 1.95. The molecular formula is C13H10N4O3. The van der Waals surface area contributed by atoms with Gasteiger partial charge in [-0.15, -0.1) is 0 Å². The summed E-state index contributed by atoms with van der Waals surface area (Å²) in [6.07, 6.45) is 3.30. The van der Waals surface area contributed by atoms with Gasteiger partial charge in [-0.1, -0.05) is 0 Å². The maximum atomic E-state index is 10.6. The van der Waals surface area contributed by atoms with Crippen molar-refractivity contribution in [1.82, 2.24) is 14.8 Å². The van der Waals surface area contributed by atoms with Crippen LogP contribution in [0.15, 0.2) is 42.7 Å². The summed E-state index contributed by atoms with van der Waals surface area (Å²) < 4.78 is 7.37. The van der Waals surface area contributed by atoms with Gasteiger partial charge in [0.2, 0.25) is 0 Å². The van der Waals surface area contributed by atoms with E-state index in [1.165, 1.54) is 12.1 Å². The molecule has 0 aliphatic carbocycles. The van der Waals surface area contributed by atoms with Gasteiger partial charge in [-0.05, 0) is 18.2 Å². The quantitative estimate of drug-likeness (QED) is 0.539. The number of nitrogens with zero attached hydrogens (tertiary/aromatic N) is 4. The highest BCUT2D eigenvalue weighted by molar-refractivity contribution is 5.81. The molecule has 3 rings (SSSR count). The van der Waals surface area contributed by atoms with Crippen LogP contribution in [-0.4, -0.2) is 19.7 Å². The third-order valence-electron chi connectivity index (χ3n) is 2.87. The van der Waals surface area contributed by atoms with Gasteiger partial charge in [-0.2, -0.15) is 5.10 Å². The predicted molar refractivity (Wildman–Crippen MR) is 71.7 cm³/mol. The van der Waals surface area contributed by atoms with Crippen LogP contribution in [0.3, 0.4) is 0 Å². The smallest absolute Gasteiger partial charge is 0.269 e. The molecule has 0 saturated carbocycles. The van der Waals surface area contributed by atoms with Gasteiger partial charge in [-0.3, -0.25) is 14.8 Å². The van der Waals surface area contributed by atoms with Gasteiger partial charge in [0, 0.05) is 25.4 Å². The van der Waals surface area contributed by atoms with E-state index in [0.717, 1.165) is 5.39 Å². The summed E-state index contributed by atoms with van der Waals surface area (Å²) in [6.45, 7) is 0. The first kappa shape index (κ1) is 12.1. The molecule has 2 heterocycles. The fourth-order valence-corrected chi connectivity index (χ4v) is 1.88. The Bertz CT molecular complexity index is 780. The number of benzene rings is 1. The molecular weight excluding hydrogens is 260 g/mol. The first-order chi connectivity index (χ1) is 9.65. The Morgan fingerprint density at radius 2 is 2.00 bits per heavy atom. The lowest BCUT2D eigenvalue weighted by Gasteiger charge is -2.06. The molecule has 0 N–H and O–H groups in total. The monoisotopic (exact) mass is 270 g/mol. The van der Waals surface area contributed by atoms with Gasteiger partial charge in [0.1, 0.15) is 11.5 Å². The van der Waals surface area contributed by atoms with E-state index in [9.17, 15) is 10.1 Å². The second-order valence-corrected chi connectivity index (χ2v) is 4.17. The van der Waals surface area contributed by atoms with Crippen LogP contribution in [0.4, 0.5) is 5.69 Å². The molecule has 0 fully saturated rings. The van der Waals surface area contributed by atoms with Crippen molar-refractivity contribution in [3.63, 3.8) is 0 Å². The molecule has 20 heavy (non-hydrogen) atoms. The fourth-order valence-electron chi connectivity index (χ4n) is 1.88. The van der Waals surface area contributed by atoms with Crippen molar-refractivity contribution < 1.29 is 9.66 Å². The second-order valence-electron chi connectivity index (χ2n) is 4.17. The summed E-state index contributed by atoms with van der Waals surface area (Å²) in [5.41, 5.74) is 0.739. The Kier molecular flexibility index (Phi) is 2.79. The Morgan fingerprint density at radius 1 is 1.25 bits per heavy atom. The average molecular weight is 270 g/mol. The normalized spacial score (nSPS) is 10.7. The van der Waals surface area contributed by atoms with E-state index in [2.05, 4.69) is 10.1 Å². The molecule has 100 valence electrons. The van der Waals surface area contributed by atoms with Crippen molar-refractivity contribution >= 4 is 16.7 Å². The number of nitro groups is 1. The van der Waals surface area contributed by atoms with Crippen molar-refractivity contribution in [3.05, 3.63) is 52.8 Å². The van der Waals surface area contributed by atoms with Crippen molar-refractivity contribution in [1.29, 1.82) is 0 Å². The van der Waals surface area contributed by atoms with Gasteiger partial charge in [-0.25, -0.2) is 4.98 Å². The lowest BCUT2D eigenvalue weighted by atomic mass is 10.3. The van der Waals surface area contributed by atoms with E-state index >= 15 is 0 Å². The summed E-state index contributed by atoms with van der Waals surface area (Å²) in [5, 5.41) is 15.5. The number of nitro benzene ring substituents is 1. The van der Waals surface area contributed by atoms with E-state index in [-0.39, 0.29) is 5.69 Å². The summed E-state index contributed by atoms with van der Waals surface area (Å²) >= 11 is 0. The number of aryl methyl sites for hydroxylation is 1. The van der Waals surface area contributed by atoms with E-state index in [0.29, 0.717) is 17.1 Å². The zero-order valence-electron chi connectivity index (χ0n) is 10.6. The van der Waals surface area contributed by atoms with Gasteiger partial charge in [0.15, 0.2) is 5.65 Å². The molecule has 0 saturated heterocycles. The molecule has 0 aliphatic heterocycles. The number of non-ortho nitro benzene ring substituents is 1. The van der Waals surface area contributed by atoms with Gasteiger partial charge < -0.3 is 4.74 Å². The minimum Gasteiger partial charge on any atom is -0.456 e. The van der Waals surface area contributed by atoms with Crippen molar-refractivity contribution in [2.45, 2.75) is 0 Å². The predicted octanol–water partition coefficient (Wildman–Crippen LogP) is 2.67. The third kappa shape index (κ3) is 2.05. The first-order valence-corrected chi connectivity index (χ1v) is 5.84. The molecule has 7 nitrogen and oxygen atoms in total. The molecule has 0 spiro atoms. The molecule has 0 unspecified atom stereocenters. The van der Waals surface area contributed by atoms with E-state index < -0.39 is 4.92 Å². The summed E-state index contributed by atoms with van der Waals surface area (Å²) in [4.78, 5) is 14.4. The van der Waals surface area contributed by atoms with Gasteiger partial charge in [0.25, 0.3) is 5.69 Å². The lowest BCUT2D eigenvalue weighted by Crippen LogP contribution is -1.92. The van der Waals surface area contributed by atoms with Crippen LogP contribution < -0.4 is 4.74 Å². The minimum atomic E-state index is -0.449. The Morgan fingerprint density at radius 3 is 2.70 bits per heavy atom. The molecule has 1 aromatic carbocycles. The highest BCUT2D eigenvalue weighted by Crippen LogP contribution is 2.29. The highest BCUT2D eigenvalue weighted by Gasteiger charge is 2.09. The SMILES string of the molecule is Cn1ncc2c(Oc3ccc([N+](=O)[O-])cc3)ccnc21. The standard InChI is InChI=1S/C13H10N4O3/c1-16-13-11(8-15-16)12(6-7-14-13)20-10-4-2-9(3-5-10)17(18)19/h2-8H,1H3. The first-order valence-electron chi connectivity index (χ1n) is 5.84. The largest absolute Gasteiger partial charge is 0.456 e. The van der Waals surface area contributed by atoms with Crippen molar-refractivity contribution in [3.8, 4) is 11.5 Å². The molecule has 0 atom stereocenters. The van der Waals surface area contributed by atoms with Crippen LogP contribution in [0.5, 0.6) is 11.5 Å². The van der Waals surface area contributed by atoms with Gasteiger partial charge in [0.05, 0.1) is 16.5 Å². The highest BCUT2D eigenvalue weighted by atomic mass is 16.6. The van der Waals surface area contributed by atoms with Crippen molar-refractivity contribution in [2.75, 3.05) is 0 Å². The molecule has 0 radical (unpaired) electrons. The number of ether oxygens (including phenoxy) is 1. The Hall–Kier alpha value is -2.96. The number of hydrogen-bond donors (Lipinski definition) is 0. The molecule has 2 aromatic heterocycles.